The summed E-state index contributed by atoms with van der Waals surface area (Å²) in [6.07, 6.45) is 0.755. The summed E-state index contributed by atoms with van der Waals surface area (Å²) in [6.45, 7) is 2.21. The molecule has 4 nitrogen and oxygen atoms in total. The van der Waals surface area contributed by atoms with E-state index >= 15 is 0 Å². The van der Waals surface area contributed by atoms with E-state index in [4.69, 9.17) is 5.11 Å². The van der Waals surface area contributed by atoms with E-state index in [0.29, 0.717) is 11.4 Å². The molecule has 1 heterocycles. The molecule has 0 aliphatic heterocycles. The highest BCUT2D eigenvalue weighted by molar-refractivity contribution is 7.11. The fourth-order valence-electron chi connectivity index (χ4n) is 0.955. The number of aryl methyl sites for hydroxylation is 1. The van der Waals surface area contributed by atoms with Crippen LogP contribution in [-0.2, 0) is 6.42 Å². The number of aromatic nitrogens is 1. The fourth-order valence-corrected chi connectivity index (χ4v) is 1.75. The number of hydrogen-bond acceptors (Lipinski definition) is 4. The molecule has 72 valence electrons. The first-order valence-corrected chi connectivity index (χ1v) is 4.99. The lowest BCUT2D eigenvalue weighted by Crippen LogP contribution is -2.26. The number of aliphatic hydroxyl groups is 1. The van der Waals surface area contributed by atoms with Crippen molar-refractivity contribution in [2.24, 2.45) is 0 Å². The number of nitrogens with zero attached hydrogens (tertiary/aromatic N) is 1. The highest BCUT2D eigenvalue weighted by Crippen LogP contribution is 2.13. The zero-order chi connectivity index (χ0) is 9.68. The molecular formula is C8H12N2O2S. The fraction of sp³-hybridized carbons (Fsp3) is 0.500. The molecule has 0 aromatic carbocycles. The largest absolute Gasteiger partial charge is 0.395 e. The van der Waals surface area contributed by atoms with E-state index in [-0.39, 0.29) is 12.5 Å². The predicted molar refractivity (Wildman–Crippen MR) is 50.9 cm³/mol. The monoisotopic (exact) mass is 200 g/mol. The molecular weight excluding hydrogens is 188 g/mol. The van der Waals surface area contributed by atoms with E-state index in [1.54, 1.807) is 5.51 Å². The summed E-state index contributed by atoms with van der Waals surface area (Å²) in [6, 6.07) is 0. The third-order valence-corrected chi connectivity index (χ3v) is 2.45. The van der Waals surface area contributed by atoms with E-state index < -0.39 is 0 Å². The second-order valence-electron chi connectivity index (χ2n) is 2.46. The van der Waals surface area contributed by atoms with E-state index in [9.17, 15) is 4.79 Å². The lowest BCUT2D eigenvalue weighted by atomic mass is 10.3. The van der Waals surface area contributed by atoms with Gasteiger partial charge in [-0.2, -0.15) is 0 Å². The Balaban J connectivity index is 2.65. The molecule has 13 heavy (non-hydrogen) atoms. The van der Waals surface area contributed by atoms with Gasteiger partial charge < -0.3 is 10.4 Å². The number of nitrogens with one attached hydrogen (secondary N) is 1. The van der Waals surface area contributed by atoms with Crippen molar-refractivity contribution in [2.75, 3.05) is 13.2 Å². The number of hydrogen-bond donors (Lipinski definition) is 2. The van der Waals surface area contributed by atoms with Crippen molar-refractivity contribution >= 4 is 17.2 Å². The molecule has 1 rings (SSSR count). The summed E-state index contributed by atoms with van der Waals surface area (Å²) in [7, 11) is 0. The van der Waals surface area contributed by atoms with Crippen LogP contribution >= 0.6 is 11.3 Å². The van der Waals surface area contributed by atoms with Gasteiger partial charge in [-0.3, -0.25) is 4.79 Å². The van der Waals surface area contributed by atoms with Crippen molar-refractivity contribution in [1.82, 2.24) is 10.3 Å². The van der Waals surface area contributed by atoms with Crippen LogP contribution in [0.4, 0.5) is 0 Å². The lowest BCUT2D eigenvalue weighted by molar-refractivity contribution is 0.0948. The van der Waals surface area contributed by atoms with Gasteiger partial charge in [0, 0.05) is 6.54 Å². The van der Waals surface area contributed by atoms with Crippen LogP contribution in [0.5, 0.6) is 0 Å². The van der Waals surface area contributed by atoms with Gasteiger partial charge >= 0.3 is 0 Å². The maximum absolute atomic E-state index is 11.4. The summed E-state index contributed by atoms with van der Waals surface area (Å²) < 4.78 is 0. The maximum atomic E-state index is 11.4. The SMILES string of the molecule is CCc1ncsc1C(=O)NCCO. The Morgan fingerprint density at radius 2 is 2.54 bits per heavy atom. The third kappa shape index (κ3) is 2.50. The summed E-state index contributed by atoms with van der Waals surface area (Å²) in [5.74, 6) is -0.145. The zero-order valence-corrected chi connectivity index (χ0v) is 8.23. The van der Waals surface area contributed by atoms with Gasteiger partial charge in [-0.25, -0.2) is 4.98 Å². The van der Waals surface area contributed by atoms with Gasteiger partial charge in [-0.15, -0.1) is 11.3 Å². The Bertz CT molecular complexity index is 285. The Kier molecular flexibility index (Phi) is 3.85. The molecule has 1 aromatic rings. The number of thiazole rings is 1. The second-order valence-corrected chi connectivity index (χ2v) is 3.32. The van der Waals surface area contributed by atoms with Crippen LogP contribution in [-0.4, -0.2) is 29.1 Å². The van der Waals surface area contributed by atoms with E-state index in [2.05, 4.69) is 10.3 Å². The highest BCUT2D eigenvalue weighted by Gasteiger charge is 2.11. The molecule has 0 saturated carbocycles. The Morgan fingerprint density at radius 3 is 3.15 bits per heavy atom. The van der Waals surface area contributed by atoms with Gasteiger partial charge in [0.2, 0.25) is 0 Å². The first kappa shape index (κ1) is 10.1. The maximum Gasteiger partial charge on any atom is 0.263 e. The average molecular weight is 200 g/mol. The minimum Gasteiger partial charge on any atom is -0.395 e. The normalized spacial score (nSPS) is 10.0. The standard InChI is InChI=1S/C8H12N2O2S/c1-2-6-7(13-5-10-6)8(12)9-3-4-11/h5,11H,2-4H2,1H3,(H,9,12). The highest BCUT2D eigenvalue weighted by atomic mass is 32.1. The van der Waals surface area contributed by atoms with E-state index in [1.807, 2.05) is 6.92 Å². The topological polar surface area (TPSA) is 62.2 Å². The van der Waals surface area contributed by atoms with Gasteiger partial charge in [-0.1, -0.05) is 6.92 Å². The first-order valence-electron chi connectivity index (χ1n) is 4.11. The van der Waals surface area contributed by atoms with Crippen molar-refractivity contribution in [3.63, 3.8) is 0 Å². The molecule has 0 aliphatic rings. The molecule has 0 fully saturated rings. The van der Waals surface area contributed by atoms with Crippen molar-refractivity contribution in [3.05, 3.63) is 16.1 Å². The average Bonchev–Trinajstić information content (AvgIpc) is 2.61. The molecule has 0 unspecified atom stereocenters. The summed E-state index contributed by atoms with van der Waals surface area (Å²) >= 11 is 1.33. The van der Waals surface area contributed by atoms with Crippen LogP contribution in [0.1, 0.15) is 22.3 Å². The first-order chi connectivity index (χ1) is 6.29. The van der Waals surface area contributed by atoms with E-state index in [1.165, 1.54) is 11.3 Å². The number of carbonyl (C=O) groups excluding carboxylic acids is 1. The Morgan fingerprint density at radius 1 is 1.77 bits per heavy atom. The van der Waals surface area contributed by atoms with Gasteiger partial charge in [0.05, 0.1) is 17.8 Å². The van der Waals surface area contributed by atoms with Gasteiger partial charge in [0.15, 0.2) is 0 Å². The van der Waals surface area contributed by atoms with Crippen molar-refractivity contribution < 1.29 is 9.90 Å². The number of aliphatic hydroxyl groups excluding tert-OH is 1. The molecule has 0 saturated heterocycles. The smallest absolute Gasteiger partial charge is 0.263 e. The number of amides is 1. The molecule has 0 bridgehead atoms. The van der Waals surface area contributed by atoms with Crippen LogP contribution < -0.4 is 5.32 Å². The van der Waals surface area contributed by atoms with Crippen LogP contribution in [0.3, 0.4) is 0 Å². The van der Waals surface area contributed by atoms with Crippen molar-refractivity contribution in [3.8, 4) is 0 Å². The third-order valence-electron chi connectivity index (χ3n) is 1.58. The van der Waals surface area contributed by atoms with Crippen LogP contribution in [0.2, 0.25) is 0 Å². The molecule has 1 amide bonds. The van der Waals surface area contributed by atoms with Gasteiger partial charge in [-0.05, 0) is 6.42 Å². The van der Waals surface area contributed by atoms with Gasteiger partial charge in [0.25, 0.3) is 5.91 Å². The van der Waals surface area contributed by atoms with Crippen molar-refractivity contribution in [2.45, 2.75) is 13.3 Å². The summed E-state index contributed by atoms with van der Waals surface area (Å²) in [5.41, 5.74) is 2.48. The molecule has 0 spiro atoms. The molecule has 0 radical (unpaired) electrons. The number of carbonyl (C=O) groups is 1. The quantitative estimate of drug-likeness (QED) is 0.740. The Hall–Kier alpha value is -0.940. The second kappa shape index (κ2) is 4.94. The van der Waals surface area contributed by atoms with E-state index in [0.717, 1.165) is 12.1 Å². The summed E-state index contributed by atoms with van der Waals surface area (Å²) in [5, 5.41) is 11.1. The molecule has 2 N–H and O–H groups in total. The zero-order valence-electron chi connectivity index (χ0n) is 7.41. The van der Waals surface area contributed by atoms with Gasteiger partial charge in [0.1, 0.15) is 4.88 Å². The molecule has 5 heteroatoms. The van der Waals surface area contributed by atoms with Crippen LogP contribution in [0.25, 0.3) is 0 Å². The molecule has 1 aromatic heterocycles. The molecule has 0 atom stereocenters. The lowest BCUT2D eigenvalue weighted by Gasteiger charge is -2.01. The van der Waals surface area contributed by atoms with Crippen molar-refractivity contribution in [1.29, 1.82) is 0 Å². The van der Waals surface area contributed by atoms with Crippen LogP contribution in [0, 0.1) is 0 Å². The molecule has 0 aliphatic carbocycles. The summed E-state index contributed by atoms with van der Waals surface area (Å²) in [4.78, 5) is 16.1. The van der Waals surface area contributed by atoms with Crippen LogP contribution in [0.15, 0.2) is 5.51 Å². The Labute approximate surface area is 80.6 Å². The predicted octanol–water partition coefficient (Wildman–Crippen LogP) is 0.428. The minimum atomic E-state index is -0.145. The number of rotatable bonds is 4. The minimum absolute atomic E-state index is 0.0357.